The minimum absolute atomic E-state index is 0.137. The number of unbranched alkanes of at least 4 members (excludes halogenated alkanes) is 9. The summed E-state index contributed by atoms with van der Waals surface area (Å²) in [5.41, 5.74) is 0. The van der Waals surface area contributed by atoms with Crippen LogP contribution in [0.25, 0.3) is 0 Å². The second kappa shape index (κ2) is 52.9. The molecular weight excluding hydrogens is 817 g/mol. The van der Waals surface area contributed by atoms with Crippen LogP contribution in [0.4, 0.5) is 0 Å². The van der Waals surface area contributed by atoms with E-state index in [4.69, 9.17) is 14.2 Å². The SMILES string of the molecule is CC/C=C\C/C=C\C/C=C\C/C=C\C/C=C\C/C=C\CCC(=O)OCC(COC(=O)CCCCCCC/C=C\C/C=C\CC)OC(=O)CCC/C=C\C/C=C\C/C=C\C/C=C\CCCCC. The second-order valence-electron chi connectivity index (χ2n) is 16.3. The van der Waals surface area contributed by atoms with Gasteiger partial charge in [-0.2, -0.15) is 0 Å². The van der Waals surface area contributed by atoms with Crippen molar-refractivity contribution in [3.05, 3.63) is 146 Å². The van der Waals surface area contributed by atoms with Crippen molar-refractivity contribution in [2.45, 2.75) is 200 Å². The van der Waals surface area contributed by atoms with Crippen molar-refractivity contribution in [3.63, 3.8) is 0 Å². The molecule has 1 atom stereocenters. The van der Waals surface area contributed by atoms with Gasteiger partial charge in [0.1, 0.15) is 13.2 Å². The molecular formula is C60H92O6. The number of ether oxygens (including phenoxy) is 3. The summed E-state index contributed by atoms with van der Waals surface area (Å²) >= 11 is 0. The van der Waals surface area contributed by atoms with Crippen molar-refractivity contribution < 1.29 is 28.6 Å². The highest BCUT2D eigenvalue weighted by Gasteiger charge is 2.19. The van der Waals surface area contributed by atoms with Gasteiger partial charge in [0.05, 0.1) is 0 Å². The molecule has 0 aliphatic carbocycles. The average molecular weight is 909 g/mol. The van der Waals surface area contributed by atoms with Crippen molar-refractivity contribution in [2.75, 3.05) is 13.2 Å². The first-order valence-electron chi connectivity index (χ1n) is 25.8. The van der Waals surface area contributed by atoms with Crippen molar-refractivity contribution in [1.82, 2.24) is 0 Å². The van der Waals surface area contributed by atoms with E-state index in [0.29, 0.717) is 19.3 Å². The molecule has 0 amide bonds. The quantitative estimate of drug-likeness (QED) is 0.0262. The Bertz CT molecular complexity index is 1510. The highest BCUT2D eigenvalue weighted by molar-refractivity contribution is 5.71. The Balaban J connectivity index is 4.63. The van der Waals surface area contributed by atoms with Gasteiger partial charge in [0, 0.05) is 19.3 Å². The Morgan fingerprint density at radius 1 is 0.318 bits per heavy atom. The van der Waals surface area contributed by atoms with Crippen molar-refractivity contribution in [2.24, 2.45) is 0 Å². The molecule has 0 aliphatic heterocycles. The smallest absolute Gasteiger partial charge is 0.306 e. The van der Waals surface area contributed by atoms with Gasteiger partial charge in [-0.3, -0.25) is 14.4 Å². The van der Waals surface area contributed by atoms with Crippen molar-refractivity contribution >= 4 is 17.9 Å². The van der Waals surface area contributed by atoms with Crippen LogP contribution in [0.5, 0.6) is 0 Å². The third-order valence-electron chi connectivity index (χ3n) is 10.1. The minimum Gasteiger partial charge on any atom is -0.462 e. The third kappa shape index (κ3) is 50.3. The molecule has 0 radical (unpaired) electrons. The largest absolute Gasteiger partial charge is 0.462 e. The van der Waals surface area contributed by atoms with Gasteiger partial charge in [-0.1, -0.05) is 199 Å². The number of hydrogen-bond donors (Lipinski definition) is 0. The maximum atomic E-state index is 12.8. The molecule has 0 bridgehead atoms. The molecule has 0 rings (SSSR count). The first-order chi connectivity index (χ1) is 32.5. The molecule has 0 saturated heterocycles. The van der Waals surface area contributed by atoms with Gasteiger partial charge in [-0.15, -0.1) is 0 Å². The maximum absolute atomic E-state index is 12.8. The van der Waals surface area contributed by atoms with E-state index in [1.54, 1.807) is 0 Å². The van der Waals surface area contributed by atoms with E-state index >= 15 is 0 Å². The topological polar surface area (TPSA) is 78.9 Å². The molecule has 0 aliphatic rings. The molecule has 0 aromatic rings. The summed E-state index contributed by atoms with van der Waals surface area (Å²) in [6, 6.07) is 0. The standard InChI is InChI=1S/C60H92O6/c1-4-7-10-13-16-19-22-25-27-29-30-32-33-35-38-41-44-47-50-53-59(62)65-56-57(55-64-58(61)52-49-46-43-40-37-24-21-18-15-12-9-6-3)66-60(63)54-51-48-45-42-39-36-34-31-28-26-23-20-17-14-11-8-5-2/h7,9-10,12,16-21,25-28,30,32,34-36,38,42,44-45,47,57H,4-6,8,11,13-15,22-24,29,31,33,37,39-41,43,46,48-56H2,1-3H3/b10-7-,12-9-,19-16-,20-17-,21-18-,27-25-,28-26-,32-30-,36-34-,38-35-,45-42-,47-44-. The highest BCUT2D eigenvalue weighted by Crippen LogP contribution is 2.11. The number of allylic oxidation sites excluding steroid dienone is 24. The van der Waals surface area contributed by atoms with Crippen LogP contribution in [-0.2, 0) is 28.6 Å². The summed E-state index contributed by atoms with van der Waals surface area (Å²) in [7, 11) is 0. The zero-order chi connectivity index (χ0) is 47.9. The van der Waals surface area contributed by atoms with Crippen LogP contribution in [0.3, 0.4) is 0 Å². The van der Waals surface area contributed by atoms with Gasteiger partial charge in [0.25, 0.3) is 0 Å². The first kappa shape index (κ1) is 61.3. The summed E-state index contributed by atoms with van der Waals surface area (Å²) < 4.78 is 16.6. The fourth-order valence-electron chi connectivity index (χ4n) is 6.26. The van der Waals surface area contributed by atoms with E-state index in [1.165, 1.54) is 25.7 Å². The lowest BCUT2D eigenvalue weighted by molar-refractivity contribution is -0.166. The van der Waals surface area contributed by atoms with Gasteiger partial charge in [0.15, 0.2) is 6.10 Å². The van der Waals surface area contributed by atoms with E-state index in [0.717, 1.165) is 116 Å². The van der Waals surface area contributed by atoms with Gasteiger partial charge < -0.3 is 14.2 Å². The molecule has 368 valence electrons. The van der Waals surface area contributed by atoms with Crippen LogP contribution in [-0.4, -0.2) is 37.2 Å². The van der Waals surface area contributed by atoms with E-state index in [2.05, 4.69) is 154 Å². The van der Waals surface area contributed by atoms with E-state index in [-0.39, 0.29) is 38.0 Å². The van der Waals surface area contributed by atoms with E-state index < -0.39 is 12.1 Å². The van der Waals surface area contributed by atoms with Crippen LogP contribution >= 0.6 is 0 Å². The van der Waals surface area contributed by atoms with Crippen LogP contribution in [0.15, 0.2) is 146 Å². The lowest BCUT2D eigenvalue weighted by atomic mass is 10.1. The molecule has 6 nitrogen and oxygen atoms in total. The summed E-state index contributed by atoms with van der Waals surface area (Å²) in [4.78, 5) is 37.9. The van der Waals surface area contributed by atoms with Crippen molar-refractivity contribution in [1.29, 1.82) is 0 Å². The second-order valence-corrected chi connectivity index (χ2v) is 16.3. The van der Waals surface area contributed by atoms with E-state index in [9.17, 15) is 14.4 Å². The number of carbonyl (C=O) groups is 3. The molecule has 1 unspecified atom stereocenters. The monoisotopic (exact) mass is 909 g/mol. The van der Waals surface area contributed by atoms with Crippen LogP contribution in [0, 0.1) is 0 Å². The molecule has 6 heteroatoms. The zero-order valence-electron chi connectivity index (χ0n) is 41.9. The number of esters is 3. The Hall–Kier alpha value is -4.71. The number of carbonyl (C=O) groups excluding carboxylic acids is 3. The van der Waals surface area contributed by atoms with Gasteiger partial charge in [-0.25, -0.2) is 0 Å². The van der Waals surface area contributed by atoms with Crippen LogP contribution < -0.4 is 0 Å². The molecule has 0 aromatic carbocycles. The average Bonchev–Trinajstić information content (AvgIpc) is 3.31. The fourth-order valence-corrected chi connectivity index (χ4v) is 6.26. The first-order valence-corrected chi connectivity index (χ1v) is 25.8. The van der Waals surface area contributed by atoms with Crippen LogP contribution in [0.2, 0.25) is 0 Å². The summed E-state index contributed by atoms with van der Waals surface area (Å²) in [5.74, 6) is -1.11. The number of hydrogen-bond acceptors (Lipinski definition) is 6. The Morgan fingerprint density at radius 2 is 0.636 bits per heavy atom. The molecule has 0 fully saturated rings. The molecule has 0 N–H and O–H groups in total. The summed E-state index contributed by atoms with van der Waals surface area (Å²) in [6.45, 7) is 6.23. The lowest BCUT2D eigenvalue weighted by Crippen LogP contribution is -2.30. The zero-order valence-corrected chi connectivity index (χ0v) is 41.9. The Morgan fingerprint density at radius 3 is 1.06 bits per heavy atom. The normalized spacial score (nSPS) is 13.3. The third-order valence-corrected chi connectivity index (χ3v) is 10.1. The predicted octanol–water partition coefficient (Wildman–Crippen LogP) is 17.3. The number of rotatable bonds is 44. The Kier molecular flexibility index (Phi) is 49.1. The molecule has 0 heterocycles. The maximum Gasteiger partial charge on any atom is 0.306 e. The summed E-state index contributed by atoms with van der Waals surface area (Å²) in [5, 5.41) is 0. The minimum atomic E-state index is -0.849. The molecule has 66 heavy (non-hydrogen) atoms. The molecule has 0 saturated carbocycles. The van der Waals surface area contributed by atoms with Crippen molar-refractivity contribution in [3.8, 4) is 0 Å². The van der Waals surface area contributed by atoms with Gasteiger partial charge in [-0.05, 0) is 122 Å². The van der Waals surface area contributed by atoms with Gasteiger partial charge >= 0.3 is 17.9 Å². The fraction of sp³-hybridized carbons (Fsp3) is 0.550. The lowest BCUT2D eigenvalue weighted by Gasteiger charge is -2.18. The molecule has 0 spiro atoms. The highest BCUT2D eigenvalue weighted by atomic mass is 16.6. The predicted molar refractivity (Wildman–Crippen MR) is 283 cm³/mol. The molecule has 0 aromatic heterocycles. The summed E-state index contributed by atoms with van der Waals surface area (Å²) in [6.07, 6.45) is 75.6. The van der Waals surface area contributed by atoms with Gasteiger partial charge in [0.2, 0.25) is 0 Å². The van der Waals surface area contributed by atoms with E-state index in [1.807, 2.05) is 12.2 Å². The Labute approximate surface area is 404 Å². The van der Waals surface area contributed by atoms with Crippen LogP contribution in [0.1, 0.15) is 194 Å².